The average molecular weight is 420 g/mol. The van der Waals surface area contributed by atoms with Crippen molar-refractivity contribution in [1.82, 2.24) is 0 Å². The summed E-state index contributed by atoms with van der Waals surface area (Å²) in [5.74, 6) is -5.47. The Bertz CT molecular complexity index is 1120. The zero-order valence-corrected chi connectivity index (χ0v) is 16.1. The molecule has 0 saturated heterocycles. The zero-order valence-electron chi connectivity index (χ0n) is 16.1. The van der Waals surface area contributed by atoms with Gasteiger partial charge in [-0.2, -0.15) is 0 Å². The van der Waals surface area contributed by atoms with Crippen LogP contribution >= 0.6 is 0 Å². The van der Waals surface area contributed by atoms with Gasteiger partial charge < -0.3 is 0 Å². The van der Waals surface area contributed by atoms with E-state index in [4.69, 9.17) is 0 Å². The summed E-state index contributed by atoms with van der Waals surface area (Å²) in [6.07, 6.45) is 2.91. The van der Waals surface area contributed by atoms with Crippen molar-refractivity contribution in [2.75, 3.05) is 0 Å². The number of hydrogen-bond donors (Lipinski definition) is 0. The lowest BCUT2D eigenvalue weighted by molar-refractivity contribution is 0.434. The standard InChI is InChI=1S/C24H18F6/c1-2-12-3-4-13(19(27)11-18(12)26)5-6-15-10-16-9-14-7-8-17(25)23(29)20(14)21(16)24(30)22(15)28/h3-4,7-8,10-11,18H,2,5-6,9H2,1H3. The first-order chi connectivity index (χ1) is 14.3. The van der Waals surface area contributed by atoms with Gasteiger partial charge in [0, 0.05) is 11.1 Å². The Balaban J connectivity index is 1.65. The molecule has 6 heteroatoms. The molecule has 0 aromatic heterocycles. The van der Waals surface area contributed by atoms with E-state index in [1.807, 2.05) is 0 Å². The second kappa shape index (κ2) is 7.82. The third kappa shape index (κ3) is 3.38. The van der Waals surface area contributed by atoms with Gasteiger partial charge in [-0.05, 0) is 65.7 Å². The van der Waals surface area contributed by atoms with Crippen molar-refractivity contribution in [2.24, 2.45) is 0 Å². The molecule has 4 rings (SSSR count). The normalized spacial score (nSPS) is 17.7. The smallest absolute Gasteiger partial charge is 0.167 e. The number of fused-ring (bicyclic) bond motifs is 3. The van der Waals surface area contributed by atoms with Crippen LogP contribution in [0.25, 0.3) is 11.1 Å². The minimum atomic E-state index is -1.52. The molecule has 0 N–H and O–H groups in total. The second-order valence-electron chi connectivity index (χ2n) is 7.47. The van der Waals surface area contributed by atoms with Gasteiger partial charge >= 0.3 is 0 Å². The van der Waals surface area contributed by atoms with Crippen molar-refractivity contribution in [2.45, 2.75) is 38.8 Å². The molecule has 1 atom stereocenters. The highest BCUT2D eigenvalue weighted by atomic mass is 19.2. The minimum Gasteiger partial charge on any atom is -0.238 e. The number of hydrogen-bond acceptors (Lipinski definition) is 0. The fourth-order valence-electron chi connectivity index (χ4n) is 4.05. The van der Waals surface area contributed by atoms with Crippen LogP contribution in [-0.4, -0.2) is 6.17 Å². The maximum atomic E-state index is 14.8. The Labute approximate surface area is 170 Å². The van der Waals surface area contributed by atoms with E-state index < -0.39 is 35.3 Å². The molecule has 0 heterocycles. The first-order valence-electron chi connectivity index (χ1n) is 9.70. The van der Waals surface area contributed by atoms with Gasteiger partial charge in [-0.25, -0.2) is 26.3 Å². The van der Waals surface area contributed by atoms with Crippen molar-refractivity contribution >= 4 is 0 Å². The molecule has 2 aromatic rings. The molecule has 2 aliphatic rings. The maximum Gasteiger partial charge on any atom is 0.167 e. The van der Waals surface area contributed by atoms with Crippen molar-refractivity contribution in [1.29, 1.82) is 0 Å². The Hall–Kier alpha value is -2.76. The van der Waals surface area contributed by atoms with Crippen LogP contribution in [0.5, 0.6) is 0 Å². The molecule has 0 spiro atoms. The Kier molecular flexibility index (Phi) is 5.35. The largest absolute Gasteiger partial charge is 0.238 e. The molecule has 0 fully saturated rings. The summed E-state index contributed by atoms with van der Waals surface area (Å²) in [4.78, 5) is 0. The van der Waals surface area contributed by atoms with Crippen LogP contribution in [0.1, 0.15) is 36.5 Å². The first-order valence-corrected chi connectivity index (χ1v) is 9.70. The quantitative estimate of drug-likeness (QED) is 0.391. The summed E-state index contributed by atoms with van der Waals surface area (Å²) < 4.78 is 85.6. The minimum absolute atomic E-state index is 0.00868. The number of rotatable bonds is 4. The highest BCUT2D eigenvalue weighted by Gasteiger charge is 2.30. The highest BCUT2D eigenvalue weighted by molar-refractivity contribution is 5.78. The summed E-state index contributed by atoms with van der Waals surface area (Å²) >= 11 is 0. The van der Waals surface area contributed by atoms with E-state index in [-0.39, 0.29) is 41.5 Å². The van der Waals surface area contributed by atoms with Gasteiger partial charge in [-0.1, -0.05) is 31.2 Å². The molecule has 0 aliphatic heterocycles. The second-order valence-corrected chi connectivity index (χ2v) is 7.47. The Morgan fingerprint density at radius 3 is 2.33 bits per heavy atom. The molecular weight excluding hydrogens is 402 g/mol. The lowest BCUT2D eigenvalue weighted by Crippen LogP contribution is -2.02. The van der Waals surface area contributed by atoms with Crippen LogP contribution in [0.3, 0.4) is 0 Å². The van der Waals surface area contributed by atoms with Gasteiger partial charge in [0.2, 0.25) is 0 Å². The van der Waals surface area contributed by atoms with E-state index in [9.17, 15) is 26.3 Å². The zero-order chi connectivity index (χ0) is 21.6. The third-order valence-electron chi connectivity index (χ3n) is 5.70. The fourth-order valence-corrected chi connectivity index (χ4v) is 4.05. The molecule has 2 aromatic carbocycles. The molecule has 1 unspecified atom stereocenters. The SMILES string of the molecule is CCC1=CC=C(CCc2cc3c(c(F)c2F)-c2c(ccc(F)c2F)C3)C(F)=CC1F. The topological polar surface area (TPSA) is 0 Å². The average Bonchev–Trinajstić information content (AvgIpc) is 3.03. The van der Waals surface area contributed by atoms with Crippen molar-refractivity contribution in [3.63, 3.8) is 0 Å². The van der Waals surface area contributed by atoms with E-state index in [2.05, 4.69) is 0 Å². The molecule has 0 bridgehead atoms. The predicted octanol–water partition coefficient (Wildman–Crippen LogP) is 7.21. The van der Waals surface area contributed by atoms with Crippen molar-refractivity contribution < 1.29 is 26.3 Å². The molecule has 0 radical (unpaired) electrons. The van der Waals surface area contributed by atoms with Crippen LogP contribution in [-0.2, 0) is 12.8 Å². The van der Waals surface area contributed by atoms with E-state index in [0.29, 0.717) is 23.1 Å². The van der Waals surface area contributed by atoms with Crippen LogP contribution in [0.2, 0.25) is 0 Å². The van der Waals surface area contributed by atoms with Crippen LogP contribution < -0.4 is 0 Å². The molecule has 2 aliphatic carbocycles. The van der Waals surface area contributed by atoms with Crippen LogP contribution in [0, 0.1) is 23.3 Å². The van der Waals surface area contributed by atoms with Crippen molar-refractivity contribution in [3.8, 4) is 11.1 Å². The Morgan fingerprint density at radius 1 is 0.867 bits per heavy atom. The van der Waals surface area contributed by atoms with Gasteiger partial charge in [-0.15, -0.1) is 0 Å². The lowest BCUT2D eigenvalue weighted by atomic mass is 9.97. The monoisotopic (exact) mass is 420 g/mol. The van der Waals surface area contributed by atoms with Gasteiger partial charge in [0.15, 0.2) is 23.3 Å². The van der Waals surface area contributed by atoms with Gasteiger partial charge in [0.25, 0.3) is 0 Å². The summed E-state index contributed by atoms with van der Waals surface area (Å²) in [5, 5.41) is 0. The number of aryl methyl sites for hydroxylation is 1. The third-order valence-corrected chi connectivity index (χ3v) is 5.70. The molecule has 30 heavy (non-hydrogen) atoms. The van der Waals surface area contributed by atoms with Gasteiger partial charge in [-0.3, -0.25) is 0 Å². The van der Waals surface area contributed by atoms with E-state index in [1.54, 1.807) is 6.92 Å². The van der Waals surface area contributed by atoms with E-state index >= 15 is 0 Å². The van der Waals surface area contributed by atoms with E-state index in [0.717, 1.165) is 12.1 Å². The summed E-state index contributed by atoms with van der Waals surface area (Å²) in [7, 11) is 0. The summed E-state index contributed by atoms with van der Waals surface area (Å²) in [6.45, 7) is 1.76. The molecular formula is C24H18F6. The fraction of sp³-hybridized carbons (Fsp3) is 0.250. The van der Waals surface area contributed by atoms with Crippen molar-refractivity contribution in [3.05, 3.63) is 93.4 Å². The molecule has 0 amide bonds. The van der Waals surface area contributed by atoms with Gasteiger partial charge in [0.05, 0.1) is 0 Å². The highest BCUT2D eigenvalue weighted by Crippen LogP contribution is 2.42. The predicted molar refractivity (Wildman–Crippen MR) is 103 cm³/mol. The molecule has 0 nitrogen and oxygen atoms in total. The molecule has 0 saturated carbocycles. The number of alkyl halides is 1. The number of allylic oxidation sites excluding steroid dienone is 6. The maximum absolute atomic E-state index is 14.8. The van der Waals surface area contributed by atoms with E-state index in [1.165, 1.54) is 24.3 Å². The van der Waals surface area contributed by atoms with Gasteiger partial charge in [0.1, 0.15) is 12.0 Å². The summed E-state index contributed by atoms with van der Waals surface area (Å²) in [6, 6.07) is 3.72. The van der Waals surface area contributed by atoms with Crippen LogP contribution in [0.15, 0.2) is 53.4 Å². The first kappa shape index (κ1) is 20.5. The number of benzene rings is 2. The summed E-state index contributed by atoms with van der Waals surface area (Å²) in [5.41, 5.74) is 0.852. The Morgan fingerprint density at radius 2 is 1.60 bits per heavy atom. The number of halogens is 6. The lowest BCUT2D eigenvalue weighted by Gasteiger charge is -2.11. The molecule has 156 valence electrons. The van der Waals surface area contributed by atoms with Crippen LogP contribution in [0.4, 0.5) is 26.3 Å².